The average molecular weight is 441 g/mol. The minimum atomic E-state index is -0.944. The zero-order valence-corrected chi connectivity index (χ0v) is 18.9. The second kappa shape index (κ2) is 10.5. The molecule has 0 aliphatic rings. The van der Waals surface area contributed by atoms with Gasteiger partial charge in [-0.25, -0.2) is 9.59 Å². The summed E-state index contributed by atoms with van der Waals surface area (Å²) >= 11 is 6.57. The number of benzene rings is 2. The fourth-order valence-electron chi connectivity index (χ4n) is 3.90. The topological polar surface area (TPSA) is 64.2 Å². The zero-order valence-electron chi connectivity index (χ0n) is 18.1. The van der Waals surface area contributed by atoms with Crippen molar-refractivity contribution in [2.24, 2.45) is 0 Å². The SMILES string of the molecule is CCCCc1c(Cl)n(CCC)c(=O)n1CCc1cccc(-c2ccccc2C(=O)O)c1. The summed E-state index contributed by atoms with van der Waals surface area (Å²) in [5.74, 6) is -0.944. The number of halogens is 1. The van der Waals surface area contributed by atoms with Crippen LogP contribution >= 0.6 is 11.6 Å². The molecule has 5 nitrogen and oxygen atoms in total. The number of hydrogen-bond acceptors (Lipinski definition) is 2. The van der Waals surface area contributed by atoms with Crippen molar-refractivity contribution >= 4 is 17.6 Å². The quantitative estimate of drug-likeness (QED) is 0.442. The lowest BCUT2D eigenvalue weighted by Gasteiger charge is -2.10. The van der Waals surface area contributed by atoms with Gasteiger partial charge in [-0.1, -0.05) is 74.3 Å². The van der Waals surface area contributed by atoms with Crippen LogP contribution in [0.5, 0.6) is 0 Å². The summed E-state index contributed by atoms with van der Waals surface area (Å²) in [6.07, 6.45) is 4.31. The monoisotopic (exact) mass is 440 g/mol. The molecule has 1 aromatic heterocycles. The summed E-state index contributed by atoms with van der Waals surface area (Å²) in [7, 11) is 0. The summed E-state index contributed by atoms with van der Waals surface area (Å²) < 4.78 is 3.48. The molecule has 0 amide bonds. The molecular formula is C25H29ClN2O3. The molecule has 3 aromatic rings. The lowest BCUT2D eigenvalue weighted by molar-refractivity contribution is 0.0697. The van der Waals surface area contributed by atoms with Crippen LogP contribution in [0.3, 0.4) is 0 Å². The fraction of sp³-hybridized carbons (Fsp3) is 0.360. The van der Waals surface area contributed by atoms with Gasteiger partial charge in [-0.15, -0.1) is 0 Å². The average Bonchev–Trinajstić information content (AvgIpc) is 3.00. The van der Waals surface area contributed by atoms with Gasteiger partial charge in [0, 0.05) is 13.1 Å². The number of carboxylic acids is 1. The minimum absolute atomic E-state index is 0.0506. The predicted molar refractivity (Wildman–Crippen MR) is 125 cm³/mol. The van der Waals surface area contributed by atoms with Gasteiger partial charge < -0.3 is 5.11 Å². The summed E-state index contributed by atoms with van der Waals surface area (Å²) in [5.41, 5.74) is 3.73. The Kier molecular flexibility index (Phi) is 7.75. The number of imidazole rings is 1. The Labute approximate surface area is 187 Å². The van der Waals surface area contributed by atoms with Gasteiger partial charge in [-0.2, -0.15) is 0 Å². The van der Waals surface area contributed by atoms with E-state index in [0.29, 0.717) is 30.2 Å². The molecular weight excluding hydrogens is 412 g/mol. The van der Waals surface area contributed by atoms with E-state index < -0.39 is 5.97 Å². The van der Waals surface area contributed by atoms with Crippen LogP contribution in [0.25, 0.3) is 11.1 Å². The van der Waals surface area contributed by atoms with Crippen molar-refractivity contribution in [1.29, 1.82) is 0 Å². The van der Waals surface area contributed by atoms with E-state index in [-0.39, 0.29) is 11.3 Å². The standard InChI is InChI=1S/C25H29ClN2O3/c1-3-5-13-22-23(26)28(15-4-2)25(31)27(22)16-14-18-9-8-10-19(17-18)20-11-6-7-12-21(20)24(29)30/h6-12,17H,3-5,13-16H2,1-2H3,(H,29,30). The van der Waals surface area contributed by atoms with Gasteiger partial charge >= 0.3 is 11.7 Å². The van der Waals surface area contributed by atoms with Crippen molar-refractivity contribution in [3.63, 3.8) is 0 Å². The van der Waals surface area contributed by atoms with Gasteiger partial charge in [0.05, 0.1) is 11.3 Å². The summed E-state index contributed by atoms with van der Waals surface area (Å²) in [4.78, 5) is 24.6. The molecule has 31 heavy (non-hydrogen) atoms. The van der Waals surface area contributed by atoms with Gasteiger partial charge in [-0.05, 0) is 48.4 Å². The van der Waals surface area contributed by atoms with Gasteiger partial charge in [0.2, 0.25) is 0 Å². The lowest BCUT2D eigenvalue weighted by Crippen LogP contribution is -2.26. The van der Waals surface area contributed by atoms with E-state index in [4.69, 9.17) is 11.6 Å². The largest absolute Gasteiger partial charge is 0.478 e. The molecule has 0 aliphatic heterocycles. The number of aromatic nitrogens is 2. The number of unbranched alkanes of at least 4 members (excludes halogenated alkanes) is 1. The van der Waals surface area contributed by atoms with Crippen molar-refractivity contribution in [3.8, 4) is 11.1 Å². The first-order valence-corrected chi connectivity index (χ1v) is 11.2. The Morgan fingerprint density at radius 1 is 0.968 bits per heavy atom. The lowest BCUT2D eigenvalue weighted by atomic mass is 9.97. The van der Waals surface area contributed by atoms with E-state index in [1.807, 2.05) is 47.9 Å². The van der Waals surface area contributed by atoms with Crippen LogP contribution in [0.15, 0.2) is 53.3 Å². The van der Waals surface area contributed by atoms with Crippen LogP contribution < -0.4 is 5.69 Å². The van der Waals surface area contributed by atoms with Gasteiger partial charge in [0.25, 0.3) is 0 Å². The molecule has 164 valence electrons. The highest BCUT2D eigenvalue weighted by Gasteiger charge is 2.18. The van der Waals surface area contributed by atoms with Crippen molar-refractivity contribution in [2.45, 2.75) is 59.0 Å². The third-order valence-corrected chi connectivity index (χ3v) is 5.92. The molecule has 0 aliphatic carbocycles. The summed E-state index contributed by atoms with van der Waals surface area (Å²) in [6.45, 7) is 5.32. The van der Waals surface area contributed by atoms with Gasteiger partial charge in [-0.3, -0.25) is 9.13 Å². The van der Waals surface area contributed by atoms with Crippen LogP contribution in [0.2, 0.25) is 5.15 Å². The Hall–Kier alpha value is -2.79. The molecule has 0 saturated carbocycles. The number of aryl methyl sites for hydroxylation is 1. The van der Waals surface area contributed by atoms with Crippen LogP contribution in [0, 0.1) is 0 Å². The Balaban J connectivity index is 1.89. The highest BCUT2D eigenvalue weighted by Crippen LogP contribution is 2.25. The molecule has 2 aromatic carbocycles. The maximum absolute atomic E-state index is 13.0. The van der Waals surface area contributed by atoms with E-state index in [0.717, 1.165) is 42.5 Å². The molecule has 6 heteroatoms. The third kappa shape index (κ3) is 5.10. The van der Waals surface area contributed by atoms with E-state index in [2.05, 4.69) is 6.92 Å². The van der Waals surface area contributed by atoms with Crippen molar-refractivity contribution in [1.82, 2.24) is 9.13 Å². The van der Waals surface area contributed by atoms with E-state index >= 15 is 0 Å². The number of hydrogen-bond donors (Lipinski definition) is 1. The summed E-state index contributed by atoms with van der Waals surface area (Å²) in [5, 5.41) is 10.1. The van der Waals surface area contributed by atoms with E-state index in [1.165, 1.54) is 0 Å². The molecule has 0 radical (unpaired) electrons. The minimum Gasteiger partial charge on any atom is -0.478 e. The second-order valence-corrected chi connectivity index (χ2v) is 8.09. The first kappa shape index (κ1) is 22.9. The first-order valence-electron chi connectivity index (χ1n) is 10.9. The van der Waals surface area contributed by atoms with Crippen LogP contribution in [-0.2, 0) is 25.9 Å². The van der Waals surface area contributed by atoms with Crippen LogP contribution in [0.1, 0.15) is 54.7 Å². The molecule has 0 atom stereocenters. The number of nitrogens with zero attached hydrogens (tertiary/aromatic N) is 2. The molecule has 3 rings (SSSR count). The van der Waals surface area contributed by atoms with Crippen LogP contribution in [-0.4, -0.2) is 20.2 Å². The molecule has 1 N–H and O–H groups in total. The number of carbonyl (C=O) groups is 1. The Bertz CT molecular complexity index is 1110. The van der Waals surface area contributed by atoms with Crippen molar-refractivity contribution in [3.05, 3.63) is 81.0 Å². The molecule has 0 unspecified atom stereocenters. The highest BCUT2D eigenvalue weighted by molar-refractivity contribution is 6.30. The normalized spacial score (nSPS) is 11.1. The molecule has 0 spiro atoms. The number of rotatable bonds is 10. The van der Waals surface area contributed by atoms with E-state index in [1.54, 1.807) is 16.7 Å². The summed E-state index contributed by atoms with van der Waals surface area (Å²) in [6, 6.07) is 14.9. The first-order chi connectivity index (χ1) is 15.0. The molecule has 0 fully saturated rings. The smallest absolute Gasteiger partial charge is 0.336 e. The van der Waals surface area contributed by atoms with Crippen molar-refractivity contribution in [2.75, 3.05) is 0 Å². The van der Waals surface area contributed by atoms with Gasteiger partial charge in [0.1, 0.15) is 5.15 Å². The molecule has 0 saturated heterocycles. The molecule has 1 heterocycles. The maximum Gasteiger partial charge on any atom is 0.336 e. The fourth-order valence-corrected chi connectivity index (χ4v) is 4.25. The van der Waals surface area contributed by atoms with Crippen LogP contribution in [0.4, 0.5) is 0 Å². The predicted octanol–water partition coefficient (Wildman–Crippen LogP) is 5.66. The van der Waals surface area contributed by atoms with E-state index in [9.17, 15) is 14.7 Å². The second-order valence-electron chi connectivity index (χ2n) is 7.73. The Morgan fingerprint density at radius 2 is 1.74 bits per heavy atom. The molecule has 0 bridgehead atoms. The maximum atomic E-state index is 13.0. The van der Waals surface area contributed by atoms with Gasteiger partial charge in [0.15, 0.2) is 0 Å². The zero-order chi connectivity index (χ0) is 22.4. The van der Waals surface area contributed by atoms with Crippen molar-refractivity contribution < 1.29 is 9.90 Å². The number of aromatic carboxylic acids is 1. The third-order valence-electron chi connectivity index (χ3n) is 5.50. The highest BCUT2D eigenvalue weighted by atomic mass is 35.5. The number of carboxylic acid groups (broad SMARTS) is 1. The Morgan fingerprint density at radius 3 is 2.45 bits per heavy atom.